The Hall–Kier alpha value is -1.66. The van der Waals surface area contributed by atoms with Crippen molar-refractivity contribution in [2.75, 3.05) is 13.2 Å². The van der Waals surface area contributed by atoms with Crippen LogP contribution >= 0.6 is 0 Å². The highest BCUT2D eigenvalue weighted by molar-refractivity contribution is 5.76. The van der Waals surface area contributed by atoms with Crippen LogP contribution in [0, 0.1) is 0 Å². The predicted octanol–water partition coefficient (Wildman–Crippen LogP) is 19.0. The van der Waals surface area contributed by atoms with E-state index in [-0.39, 0.29) is 18.5 Å². The van der Waals surface area contributed by atoms with Gasteiger partial charge in [0.15, 0.2) is 0 Å². The highest BCUT2D eigenvalue weighted by Crippen LogP contribution is 2.17. The third-order valence-corrected chi connectivity index (χ3v) is 14.2. The lowest BCUT2D eigenvalue weighted by Crippen LogP contribution is -2.45. The Morgan fingerprint density at radius 1 is 0.397 bits per heavy atom. The van der Waals surface area contributed by atoms with Crippen LogP contribution in [0.2, 0.25) is 0 Å². The van der Waals surface area contributed by atoms with E-state index in [4.69, 9.17) is 4.74 Å². The van der Waals surface area contributed by atoms with Crippen LogP contribution in [0.15, 0.2) is 24.3 Å². The third kappa shape index (κ3) is 53.7. The van der Waals surface area contributed by atoms with Crippen molar-refractivity contribution in [1.29, 1.82) is 0 Å². The molecule has 0 aromatic rings. The van der Waals surface area contributed by atoms with Crippen LogP contribution in [0.3, 0.4) is 0 Å². The summed E-state index contributed by atoms with van der Waals surface area (Å²) >= 11 is 0. The molecule has 0 radical (unpaired) electrons. The van der Waals surface area contributed by atoms with Gasteiger partial charge >= 0.3 is 5.97 Å². The molecule has 0 saturated heterocycles. The summed E-state index contributed by atoms with van der Waals surface area (Å²) in [4.78, 5) is 24.5. The van der Waals surface area contributed by atoms with Gasteiger partial charge in [-0.3, -0.25) is 9.59 Å². The lowest BCUT2D eigenvalue weighted by molar-refractivity contribution is -0.143. The fourth-order valence-electron chi connectivity index (χ4n) is 9.51. The molecule has 0 aliphatic heterocycles. The van der Waals surface area contributed by atoms with E-state index in [1.54, 1.807) is 6.08 Å². The molecule has 3 N–H and O–H groups in total. The van der Waals surface area contributed by atoms with E-state index < -0.39 is 12.1 Å². The van der Waals surface area contributed by atoms with Gasteiger partial charge < -0.3 is 20.3 Å². The molecule has 0 rings (SSSR count). The molecule has 0 bridgehead atoms. The van der Waals surface area contributed by atoms with Gasteiger partial charge in [0, 0.05) is 12.8 Å². The van der Waals surface area contributed by atoms with E-state index in [1.165, 1.54) is 270 Å². The van der Waals surface area contributed by atoms with Crippen molar-refractivity contribution >= 4 is 11.9 Å². The molecule has 402 valence electrons. The Morgan fingerprint density at radius 2 is 0.691 bits per heavy atom. The molecule has 0 aromatic carbocycles. The zero-order valence-electron chi connectivity index (χ0n) is 45.9. The number of ether oxygens (including phenoxy) is 1. The summed E-state index contributed by atoms with van der Waals surface area (Å²) in [6.45, 7) is 4.91. The number of carbonyl (C=O) groups excluding carboxylic acids is 2. The Balaban J connectivity index is 3.41. The van der Waals surface area contributed by atoms with Crippen molar-refractivity contribution in [2.24, 2.45) is 0 Å². The van der Waals surface area contributed by atoms with Crippen LogP contribution in [-0.4, -0.2) is 47.4 Å². The maximum Gasteiger partial charge on any atom is 0.305 e. The van der Waals surface area contributed by atoms with Gasteiger partial charge in [0.05, 0.1) is 25.4 Å². The van der Waals surface area contributed by atoms with Gasteiger partial charge in [-0.2, -0.15) is 0 Å². The minimum Gasteiger partial charge on any atom is -0.466 e. The average molecular weight is 959 g/mol. The lowest BCUT2D eigenvalue weighted by atomic mass is 10.0. The molecule has 68 heavy (non-hydrogen) atoms. The number of esters is 1. The predicted molar refractivity (Wildman–Crippen MR) is 296 cm³/mol. The fourth-order valence-corrected chi connectivity index (χ4v) is 9.51. The van der Waals surface area contributed by atoms with Crippen LogP contribution in [0.5, 0.6) is 0 Å². The van der Waals surface area contributed by atoms with Crippen molar-refractivity contribution in [3.05, 3.63) is 24.3 Å². The summed E-state index contributed by atoms with van der Waals surface area (Å²) in [5, 5.41) is 23.1. The average Bonchev–Trinajstić information content (AvgIpc) is 3.34. The summed E-state index contributed by atoms with van der Waals surface area (Å²) in [6.07, 6.45) is 70.7. The Bertz CT molecular complexity index is 1060. The molecular formula is C62H119NO5. The van der Waals surface area contributed by atoms with Crippen molar-refractivity contribution in [3.8, 4) is 0 Å². The molecule has 0 spiro atoms. The van der Waals surface area contributed by atoms with E-state index in [9.17, 15) is 19.8 Å². The molecular weight excluding hydrogens is 839 g/mol. The topological polar surface area (TPSA) is 95.9 Å². The van der Waals surface area contributed by atoms with Gasteiger partial charge in [0.25, 0.3) is 0 Å². The number of unbranched alkanes of at least 4 members (excludes halogenated alkanes) is 44. The fraction of sp³-hybridized carbons (Fsp3) is 0.903. The van der Waals surface area contributed by atoms with Crippen molar-refractivity contribution in [2.45, 2.75) is 347 Å². The van der Waals surface area contributed by atoms with Crippen LogP contribution in [0.25, 0.3) is 0 Å². The lowest BCUT2D eigenvalue weighted by Gasteiger charge is -2.20. The Morgan fingerprint density at radius 3 is 1.04 bits per heavy atom. The first-order valence-electron chi connectivity index (χ1n) is 30.6. The minimum atomic E-state index is -0.845. The summed E-state index contributed by atoms with van der Waals surface area (Å²) in [5.41, 5.74) is 0. The van der Waals surface area contributed by atoms with E-state index in [2.05, 4.69) is 31.3 Å². The maximum atomic E-state index is 12.4. The molecule has 0 saturated carbocycles. The number of nitrogens with one attached hydrogen (secondary N) is 1. The second kappa shape index (κ2) is 57.9. The standard InChI is InChI=1S/C62H119NO5/c1-3-5-7-9-11-13-15-17-31-34-38-42-46-50-54-60(65)59(58-64)63-61(66)55-51-47-43-39-35-32-29-27-25-23-21-19-18-20-22-24-26-28-30-33-37-41-45-49-53-57-68-62(67)56-52-48-44-40-36-16-14-12-10-8-6-4-2/h19,21,50,54,59-60,64-65H,3-18,20,22-49,51-53,55-58H2,1-2H3,(H,63,66)/b21-19-,54-50+. The van der Waals surface area contributed by atoms with Gasteiger partial charge in [-0.1, -0.05) is 289 Å². The number of aliphatic hydroxyl groups excluding tert-OH is 2. The highest BCUT2D eigenvalue weighted by atomic mass is 16.5. The van der Waals surface area contributed by atoms with Gasteiger partial charge in [-0.05, 0) is 57.8 Å². The first-order valence-corrected chi connectivity index (χ1v) is 30.6. The molecule has 0 aliphatic carbocycles. The smallest absolute Gasteiger partial charge is 0.305 e. The van der Waals surface area contributed by atoms with Crippen LogP contribution in [0.1, 0.15) is 335 Å². The molecule has 0 aromatic heterocycles. The quantitative estimate of drug-likeness (QED) is 0.0321. The second-order valence-corrected chi connectivity index (χ2v) is 21.0. The maximum absolute atomic E-state index is 12.4. The number of hydrogen-bond donors (Lipinski definition) is 3. The van der Waals surface area contributed by atoms with Gasteiger partial charge in [0.2, 0.25) is 5.91 Å². The van der Waals surface area contributed by atoms with E-state index >= 15 is 0 Å². The van der Waals surface area contributed by atoms with E-state index in [1.807, 2.05) is 6.08 Å². The molecule has 2 unspecified atom stereocenters. The summed E-state index contributed by atoms with van der Waals surface area (Å²) in [7, 11) is 0. The third-order valence-electron chi connectivity index (χ3n) is 14.2. The number of rotatable bonds is 57. The zero-order valence-corrected chi connectivity index (χ0v) is 45.9. The molecule has 0 fully saturated rings. The first-order chi connectivity index (χ1) is 33.5. The number of allylic oxidation sites excluding steroid dienone is 3. The van der Waals surface area contributed by atoms with Crippen LogP contribution in [-0.2, 0) is 14.3 Å². The normalized spacial score (nSPS) is 12.7. The molecule has 6 heteroatoms. The summed E-state index contributed by atoms with van der Waals surface area (Å²) in [6, 6.07) is -0.629. The van der Waals surface area contributed by atoms with E-state index in [0.29, 0.717) is 19.4 Å². The highest BCUT2D eigenvalue weighted by Gasteiger charge is 2.18. The van der Waals surface area contributed by atoms with Gasteiger partial charge in [-0.25, -0.2) is 0 Å². The number of carbonyl (C=O) groups is 2. The number of amides is 1. The zero-order chi connectivity index (χ0) is 49.3. The summed E-state index contributed by atoms with van der Waals surface area (Å²) < 4.78 is 5.47. The molecule has 6 nitrogen and oxygen atoms in total. The Labute approximate surface area is 424 Å². The second-order valence-electron chi connectivity index (χ2n) is 21.0. The molecule has 2 atom stereocenters. The molecule has 1 amide bonds. The van der Waals surface area contributed by atoms with Crippen molar-refractivity contribution in [1.82, 2.24) is 5.32 Å². The van der Waals surface area contributed by atoms with Crippen LogP contribution in [0.4, 0.5) is 0 Å². The monoisotopic (exact) mass is 958 g/mol. The van der Waals surface area contributed by atoms with Crippen molar-refractivity contribution < 1.29 is 24.5 Å². The van der Waals surface area contributed by atoms with E-state index in [0.717, 1.165) is 38.5 Å². The molecule has 0 heterocycles. The first kappa shape index (κ1) is 66.3. The Kier molecular flexibility index (Phi) is 56.5. The van der Waals surface area contributed by atoms with Crippen LogP contribution < -0.4 is 5.32 Å². The minimum absolute atomic E-state index is 0.0138. The van der Waals surface area contributed by atoms with Gasteiger partial charge in [-0.15, -0.1) is 0 Å². The molecule has 0 aliphatic rings. The van der Waals surface area contributed by atoms with Gasteiger partial charge in [0.1, 0.15) is 0 Å². The van der Waals surface area contributed by atoms with Crippen molar-refractivity contribution in [3.63, 3.8) is 0 Å². The largest absolute Gasteiger partial charge is 0.466 e. The summed E-state index contributed by atoms with van der Waals surface area (Å²) in [5.74, 6) is -0.0560. The SMILES string of the molecule is CCCCCCCCCCCCCC/C=C/C(O)C(CO)NC(=O)CCCCCCCCCCC/C=C\CCCCCCCCCCCCCCOC(=O)CCCCCCCCCCCCCC. The number of hydrogen-bond acceptors (Lipinski definition) is 5. The number of aliphatic hydroxyl groups is 2.